The smallest absolute Gasteiger partial charge is 0.272 e. The third-order valence-corrected chi connectivity index (χ3v) is 5.84. The van der Waals surface area contributed by atoms with Crippen LogP contribution in [0, 0.1) is 6.92 Å². The zero-order valence-corrected chi connectivity index (χ0v) is 14.8. The first-order chi connectivity index (χ1) is 12.1. The van der Waals surface area contributed by atoms with Gasteiger partial charge in [-0.2, -0.15) is 0 Å². The van der Waals surface area contributed by atoms with Gasteiger partial charge in [-0.3, -0.25) is 9.36 Å². The topological polar surface area (TPSA) is 56.0 Å². The second-order valence-electron chi connectivity index (χ2n) is 6.49. The molecule has 0 amide bonds. The summed E-state index contributed by atoms with van der Waals surface area (Å²) < 4.78 is 4.68. The van der Waals surface area contributed by atoms with Crippen LogP contribution < -0.4 is 10.5 Å². The molecule has 0 radical (unpaired) electrons. The van der Waals surface area contributed by atoms with Gasteiger partial charge in [0.1, 0.15) is 10.5 Å². The summed E-state index contributed by atoms with van der Waals surface area (Å²) in [5.41, 5.74) is 3.02. The van der Waals surface area contributed by atoms with E-state index in [0.717, 1.165) is 40.6 Å². The Morgan fingerprint density at radius 2 is 1.92 bits per heavy atom. The fraction of sp³-hybridized carbons (Fsp3) is 0.278. The van der Waals surface area contributed by atoms with Gasteiger partial charge in [-0.25, -0.2) is 9.97 Å². The Morgan fingerprint density at radius 3 is 2.76 bits per heavy atom. The number of hydrogen-bond donors (Lipinski definition) is 0. The van der Waals surface area contributed by atoms with Crippen LogP contribution in [0.4, 0.5) is 5.95 Å². The van der Waals surface area contributed by atoms with Gasteiger partial charge in [0.15, 0.2) is 0 Å². The summed E-state index contributed by atoms with van der Waals surface area (Å²) in [5.74, 6) is 1.77. The standard InChI is InChI=1S/C18H17N5OS/c1-11-19-13-5-3-4-6-15(13)23(11)12-9-22(10-12)18-20-14-7-8-25-16(14)17(24)21(18)2/h3-8,12H,9-10H2,1-2H3. The van der Waals surface area contributed by atoms with Crippen molar-refractivity contribution in [2.24, 2.45) is 7.05 Å². The van der Waals surface area contributed by atoms with E-state index in [4.69, 9.17) is 4.98 Å². The molecule has 7 heteroatoms. The van der Waals surface area contributed by atoms with Crippen LogP contribution >= 0.6 is 11.3 Å². The predicted octanol–water partition coefficient (Wildman–Crippen LogP) is 2.71. The molecule has 4 aromatic rings. The third-order valence-electron chi connectivity index (χ3n) is 4.95. The van der Waals surface area contributed by atoms with Crippen molar-refractivity contribution >= 4 is 38.5 Å². The Morgan fingerprint density at radius 1 is 1.12 bits per heavy atom. The Balaban J connectivity index is 1.50. The lowest BCUT2D eigenvalue weighted by Gasteiger charge is -2.41. The molecule has 0 N–H and O–H groups in total. The van der Waals surface area contributed by atoms with Gasteiger partial charge < -0.3 is 9.47 Å². The van der Waals surface area contributed by atoms with Crippen LogP contribution in [0.15, 0.2) is 40.5 Å². The average molecular weight is 351 g/mol. The van der Waals surface area contributed by atoms with Crippen molar-refractivity contribution in [2.75, 3.05) is 18.0 Å². The first-order valence-electron chi connectivity index (χ1n) is 8.26. The molecule has 1 saturated heterocycles. The highest BCUT2D eigenvalue weighted by atomic mass is 32.1. The molecule has 0 bridgehead atoms. The third kappa shape index (κ3) is 2.05. The zero-order chi connectivity index (χ0) is 17.1. The van der Waals surface area contributed by atoms with Crippen LogP contribution in [0.3, 0.4) is 0 Å². The number of imidazole rings is 1. The quantitative estimate of drug-likeness (QED) is 0.557. The lowest BCUT2D eigenvalue weighted by molar-refractivity contribution is 0.392. The minimum atomic E-state index is 0.0303. The number of thiophene rings is 1. The molecule has 0 unspecified atom stereocenters. The van der Waals surface area contributed by atoms with Gasteiger partial charge in [0, 0.05) is 20.1 Å². The average Bonchev–Trinajstić information content (AvgIpc) is 3.15. The number of aromatic nitrogens is 4. The van der Waals surface area contributed by atoms with Crippen LogP contribution in [0.5, 0.6) is 0 Å². The molecule has 1 aromatic carbocycles. The maximum atomic E-state index is 12.5. The van der Waals surface area contributed by atoms with Crippen molar-refractivity contribution in [2.45, 2.75) is 13.0 Å². The first-order valence-corrected chi connectivity index (χ1v) is 9.14. The number of anilines is 1. The number of para-hydroxylation sites is 2. The molecule has 25 heavy (non-hydrogen) atoms. The fourth-order valence-electron chi connectivity index (χ4n) is 3.67. The molecule has 0 saturated carbocycles. The van der Waals surface area contributed by atoms with Gasteiger partial charge in [0.25, 0.3) is 5.56 Å². The summed E-state index contributed by atoms with van der Waals surface area (Å²) in [6, 6.07) is 10.5. The monoisotopic (exact) mass is 351 g/mol. The van der Waals surface area contributed by atoms with E-state index >= 15 is 0 Å². The highest BCUT2D eigenvalue weighted by Crippen LogP contribution is 2.31. The zero-order valence-electron chi connectivity index (χ0n) is 14.0. The van der Waals surface area contributed by atoms with Gasteiger partial charge in [-0.15, -0.1) is 11.3 Å². The van der Waals surface area contributed by atoms with E-state index in [1.807, 2.05) is 36.6 Å². The minimum Gasteiger partial charge on any atom is -0.338 e. The Labute approximate surface area is 148 Å². The predicted molar refractivity (Wildman–Crippen MR) is 101 cm³/mol. The molecule has 5 rings (SSSR count). The number of rotatable bonds is 2. The molecule has 0 spiro atoms. The molecular formula is C18H17N5OS. The van der Waals surface area contributed by atoms with Crippen molar-refractivity contribution in [3.05, 3.63) is 51.9 Å². The fourth-order valence-corrected chi connectivity index (χ4v) is 4.47. The van der Waals surface area contributed by atoms with Crippen molar-refractivity contribution in [1.29, 1.82) is 0 Å². The van der Waals surface area contributed by atoms with E-state index in [-0.39, 0.29) is 5.56 Å². The lowest BCUT2D eigenvalue weighted by atomic mass is 10.1. The summed E-state index contributed by atoms with van der Waals surface area (Å²) in [6.45, 7) is 3.71. The second-order valence-corrected chi connectivity index (χ2v) is 7.40. The van der Waals surface area contributed by atoms with Crippen molar-refractivity contribution in [1.82, 2.24) is 19.1 Å². The van der Waals surface area contributed by atoms with Crippen LogP contribution in [-0.4, -0.2) is 32.2 Å². The molecule has 0 atom stereocenters. The molecule has 4 heterocycles. The lowest BCUT2D eigenvalue weighted by Crippen LogP contribution is -2.50. The van der Waals surface area contributed by atoms with E-state index in [9.17, 15) is 4.79 Å². The van der Waals surface area contributed by atoms with E-state index in [1.165, 1.54) is 16.9 Å². The van der Waals surface area contributed by atoms with Gasteiger partial charge in [0.2, 0.25) is 5.95 Å². The van der Waals surface area contributed by atoms with Crippen LogP contribution in [0.2, 0.25) is 0 Å². The van der Waals surface area contributed by atoms with Crippen LogP contribution in [-0.2, 0) is 7.05 Å². The summed E-state index contributed by atoms with van der Waals surface area (Å²) in [6.07, 6.45) is 0. The van der Waals surface area contributed by atoms with Crippen molar-refractivity contribution in [3.8, 4) is 0 Å². The Kier molecular flexibility index (Phi) is 3.03. The Hall–Kier alpha value is -2.67. The summed E-state index contributed by atoms with van der Waals surface area (Å²) in [5, 5.41) is 1.92. The van der Waals surface area contributed by atoms with Crippen molar-refractivity contribution in [3.63, 3.8) is 0 Å². The highest BCUT2D eigenvalue weighted by molar-refractivity contribution is 7.17. The molecule has 6 nitrogen and oxygen atoms in total. The molecular weight excluding hydrogens is 334 g/mol. The van der Waals surface area contributed by atoms with Gasteiger partial charge in [-0.1, -0.05) is 12.1 Å². The summed E-state index contributed by atoms with van der Waals surface area (Å²) >= 11 is 1.45. The van der Waals surface area contributed by atoms with Crippen LogP contribution in [0.25, 0.3) is 21.3 Å². The van der Waals surface area contributed by atoms with E-state index < -0.39 is 0 Å². The summed E-state index contributed by atoms with van der Waals surface area (Å²) in [4.78, 5) is 24.0. The number of aryl methyl sites for hydroxylation is 1. The molecule has 1 aliphatic rings. The normalized spacial score (nSPS) is 15.2. The second kappa shape index (κ2) is 5.16. The van der Waals surface area contributed by atoms with Gasteiger partial charge in [0.05, 0.1) is 22.6 Å². The van der Waals surface area contributed by atoms with Crippen LogP contribution in [0.1, 0.15) is 11.9 Å². The maximum Gasteiger partial charge on any atom is 0.272 e. The SMILES string of the molecule is Cc1nc2ccccc2n1C1CN(c2nc3ccsc3c(=O)n2C)C1. The van der Waals surface area contributed by atoms with Crippen molar-refractivity contribution < 1.29 is 0 Å². The number of hydrogen-bond acceptors (Lipinski definition) is 5. The number of fused-ring (bicyclic) bond motifs is 2. The van der Waals surface area contributed by atoms with E-state index in [1.54, 1.807) is 11.6 Å². The molecule has 3 aromatic heterocycles. The van der Waals surface area contributed by atoms with Gasteiger partial charge in [-0.05, 0) is 30.5 Å². The van der Waals surface area contributed by atoms with E-state index in [0.29, 0.717) is 6.04 Å². The largest absolute Gasteiger partial charge is 0.338 e. The minimum absolute atomic E-state index is 0.0303. The van der Waals surface area contributed by atoms with Gasteiger partial charge >= 0.3 is 0 Å². The number of benzene rings is 1. The number of nitrogens with zero attached hydrogens (tertiary/aromatic N) is 5. The highest BCUT2D eigenvalue weighted by Gasteiger charge is 2.33. The summed E-state index contributed by atoms with van der Waals surface area (Å²) in [7, 11) is 1.80. The van der Waals surface area contributed by atoms with E-state index in [2.05, 4.69) is 20.5 Å². The molecule has 1 aliphatic heterocycles. The maximum absolute atomic E-state index is 12.5. The molecule has 1 fully saturated rings. The Bertz CT molecular complexity index is 1170. The molecule has 0 aliphatic carbocycles. The first kappa shape index (κ1) is 14.7. The molecule has 126 valence electrons.